The van der Waals surface area contributed by atoms with Crippen LogP contribution in [-0.4, -0.2) is 52.6 Å². The summed E-state index contributed by atoms with van der Waals surface area (Å²) in [7, 11) is 0. The number of hydrogen-bond acceptors (Lipinski definition) is 5. The van der Waals surface area contributed by atoms with Gasteiger partial charge in [-0.15, -0.1) is 0 Å². The van der Waals surface area contributed by atoms with Crippen LogP contribution in [0.5, 0.6) is 0 Å². The number of ether oxygens (including phenoxy) is 2. The molecule has 0 aromatic rings. The maximum Gasteiger partial charge on any atom is 0.186 e. The molecule has 0 unspecified atom stereocenters. The highest BCUT2D eigenvalue weighted by atomic mass is 16.7. The quantitative estimate of drug-likeness (QED) is 0.303. The first-order valence-electron chi connectivity index (χ1n) is 16.5. The number of fused-ring (bicyclic) bond motifs is 5. The van der Waals surface area contributed by atoms with Crippen molar-refractivity contribution in [2.24, 2.45) is 52.3 Å². The maximum absolute atomic E-state index is 10.4. The van der Waals surface area contributed by atoms with E-state index in [1.807, 2.05) is 0 Å². The van der Waals surface area contributed by atoms with Crippen molar-refractivity contribution >= 4 is 0 Å². The summed E-state index contributed by atoms with van der Waals surface area (Å²) in [4.78, 5) is 0. The molecule has 1 saturated heterocycles. The van der Waals surface area contributed by atoms with Gasteiger partial charge in [0.25, 0.3) is 0 Å². The Hall–Kier alpha value is -0.460. The Morgan fingerprint density at radius 2 is 1.74 bits per heavy atom. The minimum absolute atomic E-state index is 0.00351. The van der Waals surface area contributed by atoms with Crippen LogP contribution >= 0.6 is 0 Å². The fraction of sp³-hybridized carbons (Fsp3) is 0.941. The predicted octanol–water partition coefficient (Wildman–Crippen LogP) is 6.49. The zero-order chi connectivity index (χ0) is 28.1. The van der Waals surface area contributed by atoms with Gasteiger partial charge in [-0.2, -0.15) is 0 Å². The van der Waals surface area contributed by atoms with Crippen molar-refractivity contribution in [3.8, 4) is 0 Å². The molecule has 5 aliphatic rings. The third kappa shape index (κ3) is 5.42. The van der Waals surface area contributed by atoms with Crippen LogP contribution in [0.25, 0.3) is 0 Å². The summed E-state index contributed by atoms with van der Waals surface area (Å²) in [6, 6.07) is 0. The minimum atomic E-state index is -1.22. The van der Waals surface area contributed by atoms with Gasteiger partial charge in [-0.25, -0.2) is 0 Å². The Bertz CT molecular complexity index is 872. The lowest BCUT2D eigenvalue weighted by Crippen LogP contribution is -2.55. The third-order valence-corrected chi connectivity index (χ3v) is 13.1. The van der Waals surface area contributed by atoms with Crippen LogP contribution in [0.15, 0.2) is 11.6 Å². The Morgan fingerprint density at radius 1 is 0.974 bits per heavy atom. The van der Waals surface area contributed by atoms with E-state index in [2.05, 4.69) is 47.6 Å². The lowest BCUT2D eigenvalue weighted by molar-refractivity contribution is -0.284. The van der Waals surface area contributed by atoms with Crippen LogP contribution in [0.2, 0.25) is 0 Å². The molecule has 0 radical (unpaired) electrons. The van der Waals surface area contributed by atoms with E-state index in [1.165, 1.54) is 51.4 Å². The van der Waals surface area contributed by atoms with E-state index in [0.717, 1.165) is 60.7 Å². The Labute approximate surface area is 238 Å². The van der Waals surface area contributed by atoms with E-state index >= 15 is 0 Å². The molecule has 0 amide bonds. The van der Waals surface area contributed by atoms with Crippen molar-refractivity contribution in [1.82, 2.24) is 0 Å². The molecule has 1 aliphatic heterocycles. The molecular formula is C34H58O5. The van der Waals surface area contributed by atoms with E-state index in [9.17, 15) is 15.3 Å². The lowest BCUT2D eigenvalue weighted by Gasteiger charge is -2.58. The second kappa shape index (κ2) is 11.7. The molecule has 3 saturated carbocycles. The van der Waals surface area contributed by atoms with Crippen LogP contribution in [0.4, 0.5) is 0 Å². The molecule has 224 valence electrons. The first-order chi connectivity index (χ1) is 18.5. The normalized spacial score (nSPS) is 47.6. The molecule has 0 aromatic carbocycles. The molecule has 1 heterocycles. The van der Waals surface area contributed by atoms with Crippen LogP contribution < -0.4 is 0 Å². The summed E-state index contributed by atoms with van der Waals surface area (Å²) in [5.74, 6) is 5.83. The van der Waals surface area contributed by atoms with Crippen LogP contribution in [0.1, 0.15) is 112 Å². The third-order valence-electron chi connectivity index (χ3n) is 13.1. The summed E-state index contributed by atoms with van der Waals surface area (Å²) in [5, 5.41) is 30.2. The fourth-order valence-electron chi connectivity index (χ4n) is 10.5. The molecule has 4 aliphatic carbocycles. The summed E-state index contributed by atoms with van der Waals surface area (Å²) >= 11 is 0. The molecule has 5 nitrogen and oxygen atoms in total. The van der Waals surface area contributed by atoms with Gasteiger partial charge in [-0.3, -0.25) is 0 Å². The Kier molecular flexibility index (Phi) is 8.98. The summed E-state index contributed by atoms with van der Waals surface area (Å²) in [5.41, 5.74) is 2.31. The molecule has 5 heteroatoms. The average Bonchev–Trinajstić information content (AvgIpc) is 3.26. The molecular weight excluding hydrogens is 488 g/mol. The van der Waals surface area contributed by atoms with Crippen LogP contribution in [-0.2, 0) is 9.47 Å². The van der Waals surface area contributed by atoms with Gasteiger partial charge in [0.1, 0.15) is 18.3 Å². The average molecular weight is 547 g/mol. The highest BCUT2D eigenvalue weighted by Crippen LogP contribution is 2.67. The van der Waals surface area contributed by atoms with E-state index in [4.69, 9.17) is 9.47 Å². The highest BCUT2D eigenvalue weighted by Gasteiger charge is 2.59. The predicted molar refractivity (Wildman–Crippen MR) is 155 cm³/mol. The largest absolute Gasteiger partial charge is 0.388 e. The Morgan fingerprint density at radius 3 is 2.46 bits per heavy atom. The van der Waals surface area contributed by atoms with Crippen molar-refractivity contribution in [3.63, 3.8) is 0 Å². The standard InChI is InChI=1S/C34H58O5/c1-7-22(20(2)3)9-8-21(4)26-12-13-27-25-11-10-23-18-24(39-32-31(37)30(36)29(35)19-38-32)14-16-33(23,5)28(25)15-17-34(26,27)6/h10,20-22,24-32,35-37H,7-9,11-19H2,1-6H3/t21-,22-,24+,25+,26-,27+,28+,29-,30+,31-,32+,33+,34-/m1/s1. The zero-order valence-corrected chi connectivity index (χ0v) is 25.6. The van der Waals surface area contributed by atoms with Gasteiger partial charge in [-0.1, -0.05) is 66.0 Å². The van der Waals surface area contributed by atoms with Crippen LogP contribution in [0.3, 0.4) is 0 Å². The first kappa shape index (κ1) is 30.0. The van der Waals surface area contributed by atoms with Crippen molar-refractivity contribution in [3.05, 3.63) is 11.6 Å². The maximum atomic E-state index is 10.4. The van der Waals surface area contributed by atoms with E-state index < -0.39 is 24.6 Å². The number of hydrogen-bond donors (Lipinski definition) is 3. The van der Waals surface area contributed by atoms with Crippen molar-refractivity contribution < 1.29 is 24.8 Å². The van der Waals surface area contributed by atoms with E-state index in [-0.39, 0.29) is 18.1 Å². The Balaban J connectivity index is 1.23. The zero-order valence-electron chi connectivity index (χ0n) is 25.6. The molecule has 4 fully saturated rings. The van der Waals surface area contributed by atoms with Gasteiger partial charge in [0.2, 0.25) is 0 Å². The number of aliphatic hydroxyl groups excluding tert-OH is 3. The highest BCUT2D eigenvalue weighted by molar-refractivity contribution is 5.25. The summed E-state index contributed by atoms with van der Waals surface area (Å²) < 4.78 is 11.8. The van der Waals surface area contributed by atoms with Gasteiger partial charge in [0.05, 0.1) is 12.7 Å². The second-order valence-electron chi connectivity index (χ2n) is 15.2. The summed E-state index contributed by atoms with van der Waals surface area (Å²) in [6.45, 7) is 15.0. The molecule has 0 spiro atoms. The van der Waals surface area contributed by atoms with Crippen molar-refractivity contribution in [1.29, 1.82) is 0 Å². The van der Waals surface area contributed by atoms with E-state index in [1.54, 1.807) is 5.57 Å². The topological polar surface area (TPSA) is 79.2 Å². The van der Waals surface area contributed by atoms with Gasteiger partial charge in [-0.05, 0) is 110 Å². The van der Waals surface area contributed by atoms with E-state index in [0.29, 0.717) is 5.41 Å². The van der Waals surface area contributed by atoms with Crippen molar-refractivity contribution in [2.45, 2.75) is 143 Å². The number of rotatable bonds is 8. The smallest absolute Gasteiger partial charge is 0.186 e. The van der Waals surface area contributed by atoms with Gasteiger partial charge in [0, 0.05) is 0 Å². The second-order valence-corrected chi connectivity index (χ2v) is 15.2. The summed E-state index contributed by atoms with van der Waals surface area (Å²) in [6.07, 6.45) is 12.1. The molecule has 3 N–H and O–H groups in total. The number of allylic oxidation sites excluding steroid dienone is 1. The van der Waals surface area contributed by atoms with Gasteiger partial charge >= 0.3 is 0 Å². The monoisotopic (exact) mass is 546 g/mol. The van der Waals surface area contributed by atoms with Gasteiger partial charge in [0.15, 0.2) is 6.29 Å². The lowest BCUT2D eigenvalue weighted by atomic mass is 9.47. The molecule has 0 bridgehead atoms. The fourth-order valence-corrected chi connectivity index (χ4v) is 10.5. The van der Waals surface area contributed by atoms with Crippen LogP contribution in [0, 0.1) is 52.3 Å². The van der Waals surface area contributed by atoms with Crippen molar-refractivity contribution in [2.75, 3.05) is 6.61 Å². The molecule has 5 rings (SSSR count). The molecule has 39 heavy (non-hydrogen) atoms. The SMILES string of the molecule is CC[C@H](CC[C@@H](C)[C@H]1CC[C@H]2[C@@H]3CC=C4C[C@@H](O[C@@H]5OC[C@@H](O)[C@H](O)[C@H]5O)CC[C@]4(C)[C@H]3CC[C@]12C)C(C)C. The van der Waals surface area contributed by atoms with Gasteiger partial charge < -0.3 is 24.8 Å². The minimum Gasteiger partial charge on any atom is -0.388 e. The molecule has 13 atom stereocenters. The number of aliphatic hydroxyl groups is 3. The molecule has 0 aromatic heterocycles. The first-order valence-corrected chi connectivity index (χ1v) is 16.5.